The smallest absolute Gasteiger partial charge is 0.254 e. The van der Waals surface area contributed by atoms with E-state index in [4.69, 9.17) is 0 Å². The maximum Gasteiger partial charge on any atom is 0.254 e. The number of benzene rings is 1. The van der Waals surface area contributed by atoms with Crippen molar-refractivity contribution in [2.24, 2.45) is 0 Å². The predicted octanol–water partition coefficient (Wildman–Crippen LogP) is 2.13. The molecule has 1 amide bonds. The summed E-state index contributed by atoms with van der Waals surface area (Å²) >= 11 is 0. The minimum absolute atomic E-state index is 0.234. The van der Waals surface area contributed by atoms with Gasteiger partial charge < -0.3 is 10.4 Å². The molecule has 0 bridgehead atoms. The van der Waals surface area contributed by atoms with Gasteiger partial charge in [0.1, 0.15) is 0 Å². The van der Waals surface area contributed by atoms with E-state index in [0.717, 1.165) is 0 Å². The highest BCUT2D eigenvalue weighted by Crippen LogP contribution is 2.18. The molecule has 0 aliphatic rings. The van der Waals surface area contributed by atoms with Gasteiger partial charge in [-0.05, 0) is 19.4 Å². The van der Waals surface area contributed by atoms with Crippen LogP contribution in [0.1, 0.15) is 30.6 Å². The van der Waals surface area contributed by atoms with Crippen LogP contribution in [0.4, 0.5) is 17.6 Å². The predicted molar refractivity (Wildman–Crippen MR) is 59.5 cm³/mol. The van der Waals surface area contributed by atoms with Gasteiger partial charge in [0.05, 0.1) is 11.2 Å². The molecule has 0 aliphatic heterocycles. The highest BCUT2D eigenvalue weighted by Gasteiger charge is 2.25. The summed E-state index contributed by atoms with van der Waals surface area (Å²) in [6.07, 6.45) is 0.307. The first-order valence-corrected chi connectivity index (χ1v) is 5.53. The van der Waals surface area contributed by atoms with Gasteiger partial charge in [-0.25, -0.2) is 17.6 Å². The monoisotopic (exact) mass is 279 g/mol. The maximum atomic E-state index is 13.3. The summed E-state index contributed by atoms with van der Waals surface area (Å²) in [6, 6.07) is 0.268. The molecule has 3 nitrogen and oxygen atoms in total. The molecular weight excluding hydrogens is 266 g/mol. The first-order valence-electron chi connectivity index (χ1n) is 5.53. The zero-order chi connectivity index (χ0) is 14.8. The molecule has 1 aromatic carbocycles. The lowest BCUT2D eigenvalue weighted by atomic mass is 10.0. The van der Waals surface area contributed by atoms with Gasteiger partial charge in [-0.2, -0.15) is 0 Å². The van der Waals surface area contributed by atoms with Crippen molar-refractivity contribution in [3.05, 3.63) is 34.9 Å². The van der Waals surface area contributed by atoms with E-state index in [1.165, 1.54) is 6.92 Å². The standard InChI is InChI=1S/C12H13F4NO2/c1-3-12(2,19)5-17-11(18)6-4-7(13)9(15)10(16)8(6)14/h4,19H,3,5H2,1-2H3,(H,17,18). The first kappa shape index (κ1) is 15.4. The van der Waals surface area contributed by atoms with Crippen LogP contribution in [0.2, 0.25) is 0 Å². The fourth-order valence-electron chi connectivity index (χ4n) is 1.23. The average Bonchev–Trinajstić information content (AvgIpc) is 2.38. The molecule has 2 N–H and O–H groups in total. The molecule has 0 saturated carbocycles. The second kappa shape index (κ2) is 5.56. The molecule has 0 radical (unpaired) electrons. The van der Waals surface area contributed by atoms with Crippen molar-refractivity contribution < 1.29 is 27.5 Å². The van der Waals surface area contributed by atoms with Crippen LogP contribution in [0.25, 0.3) is 0 Å². The van der Waals surface area contributed by atoms with Crippen LogP contribution in [0.15, 0.2) is 6.07 Å². The molecule has 1 rings (SSSR count). The van der Waals surface area contributed by atoms with Crippen molar-refractivity contribution in [3.63, 3.8) is 0 Å². The molecule has 0 heterocycles. The van der Waals surface area contributed by atoms with Crippen LogP contribution in [-0.4, -0.2) is 23.2 Å². The summed E-state index contributed by atoms with van der Waals surface area (Å²) in [7, 11) is 0. The molecule has 1 unspecified atom stereocenters. The van der Waals surface area contributed by atoms with E-state index in [0.29, 0.717) is 6.42 Å². The Labute approximate surface area is 107 Å². The lowest BCUT2D eigenvalue weighted by Crippen LogP contribution is -2.40. The number of nitrogens with one attached hydrogen (secondary N) is 1. The molecule has 0 saturated heterocycles. The Morgan fingerprint density at radius 2 is 1.84 bits per heavy atom. The quantitative estimate of drug-likeness (QED) is 0.504. The third-order valence-electron chi connectivity index (χ3n) is 2.74. The largest absolute Gasteiger partial charge is 0.388 e. The van der Waals surface area contributed by atoms with Crippen molar-refractivity contribution >= 4 is 5.91 Å². The zero-order valence-electron chi connectivity index (χ0n) is 10.4. The molecule has 7 heteroatoms. The fourth-order valence-corrected chi connectivity index (χ4v) is 1.23. The number of halogens is 4. The van der Waals surface area contributed by atoms with Gasteiger partial charge in [-0.1, -0.05) is 6.92 Å². The van der Waals surface area contributed by atoms with Crippen molar-refractivity contribution in [3.8, 4) is 0 Å². The highest BCUT2D eigenvalue weighted by molar-refractivity contribution is 5.94. The van der Waals surface area contributed by atoms with Crippen molar-refractivity contribution in [1.29, 1.82) is 0 Å². The van der Waals surface area contributed by atoms with E-state index in [-0.39, 0.29) is 12.6 Å². The van der Waals surface area contributed by atoms with Crippen LogP contribution >= 0.6 is 0 Å². The SMILES string of the molecule is CCC(C)(O)CNC(=O)c1cc(F)c(F)c(F)c1F. The van der Waals surface area contributed by atoms with Crippen LogP contribution in [-0.2, 0) is 0 Å². The van der Waals surface area contributed by atoms with Crippen LogP contribution in [0.3, 0.4) is 0 Å². The molecule has 0 aliphatic carbocycles. The molecule has 0 aromatic heterocycles. The minimum Gasteiger partial charge on any atom is -0.388 e. The molecule has 1 aromatic rings. The molecular formula is C12H13F4NO2. The van der Waals surface area contributed by atoms with Gasteiger partial charge in [0.2, 0.25) is 0 Å². The minimum atomic E-state index is -2.05. The first-order chi connectivity index (χ1) is 8.69. The van der Waals surface area contributed by atoms with E-state index in [1.54, 1.807) is 6.92 Å². The number of carbonyl (C=O) groups excluding carboxylic acids is 1. The Morgan fingerprint density at radius 3 is 2.37 bits per heavy atom. The highest BCUT2D eigenvalue weighted by atomic mass is 19.2. The third-order valence-corrected chi connectivity index (χ3v) is 2.74. The number of amides is 1. The topological polar surface area (TPSA) is 49.3 Å². The van der Waals surface area contributed by atoms with Crippen molar-refractivity contribution in [2.45, 2.75) is 25.9 Å². The number of hydrogen-bond donors (Lipinski definition) is 2. The fraction of sp³-hybridized carbons (Fsp3) is 0.417. The Balaban J connectivity index is 2.96. The Morgan fingerprint density at radius 1 is 1.26 bits per heavy atom. The van der Waals surface area contributed by atoms with E-state index in [9.17, 15) is 27.5 Å². The molecule has 19 heavy (non-hydrogen) atoms. The van der Waals surface area contributed by atoms with Gasteiger partial charge in [-0.3, -0.25) is 4.79 Å². The van der Waals surface area contributed by atoms with Gasteiger partial charge in [0.15, 0.2) is 23.3 Å². The summed E-state index contributed by atoms with van der Waals surface area (Å²) < 4.78 is 51.8. The summed E-state index contributed by atoms with van der Waals surface area (Å²) in [5.41, 5.74) is -2.19. The number of aliphatic hydroxyl groups is 1. The van der Waals surface area contributed by atoms with Crippen LogP contribution in [0.5, 0.6) is 0 Å². The number of carbonyl (C=O) groups is 1. The maximum absolute atomic E-state index is 13.3. The Hall–Kier alpha value is -1.63. The second-order valence-electron chi connectivity index (χ2n) is 4.38. The normalized spacial score (nSPS) is 14.1. The third kappa shape index (κ3) is 3.44. The summed E-state index contributed by atoms with van der Waals surface area (Å²) in [5, 5.41) is 11.7. The molecule has 0 fully saturated rings. The zero-order valence-corrected chi connectivity index (χ0v) is 10.4. The molecule has 1 atom stereocenters. The summed E-state index contributed by atoms with van der Waals surface area (Å²) in [4.78, 5) is 11.5. The molecule has 106 valence electrons. The Bertz CT molecular complexity index is 503. The lowest BCUT2D eigenvalue weighted by molar-refractivity contribution is 0.0517. The number of rotatable bonds is 4. The average molecular weight is 279 g/mol. The van der Waals surface area contributed by atoms with E-state index < -0.39 is 40.3 Å². The van der Waals surface area contributed by atoms with E-state index >= 15 is 0 Å². The van der Waals surface area contributed by atoms with Crippen LogP contribution in [0, 0.1) is 23.3 Å². The van der Waals surface area contributed by atoms with Gasteiger partial charge in [0, 0.05) is 6.54 Å². The van der Waals surface area contributed by atoms with Gasteiger partial charge in [0.25, 0.3) is 5.91 Å². The lowest BCUT2D eigenvalue weighted by Gasteiger charge is -2.21. The van der Waals surface area contributed by atoms with Crippen molar-refractivity contribution in [2.75, 3.05) is 6.54 Å². The van der Waals surface area contributed by atoms with E-state index in [1.807, 2.05) is 0 Å². The number of hydrogen-bond acceptors (Lipinski definition) is 2. The molecule has 0 spiro atoms. The van der Waals surface area contributed by atoms with Crippen molar-refractivity contribution in [1.82, 2.24) is 5.32 Å². The van der Waals surface area contributed by atoms with Gasteiger partial charge in [-0.15, -0.1) is 0 Å². The second-order valence-corrected chi connectivity index (χ2v) is 4.38. The summed E-state index contributed by atoms with van der Waals surface area (Å²) in [5.74, 6) is -8.59. The van der Waals surface area contributed by atoms with Crippen LogP contribution < -0.4 is 5.32 Å². The van der Waals surface area contributed by atoms with E-state index in [2.05, 4.69) is 5.32 Å². The Kier molecular flexibility index (Phi) is 4.52. The summed E-state index contributed by atoms with van der Waals surface area (Å²) in [6.45, 7) is 2.85. The van der Waals surface area contributed by atoms with Gasteiger partial charge >= 0.3 is 0 Å².